The van der Waals surface area contributed by atoms with Crippen LogP contribution >= 0.6 is 0 Å². The number of carbonyl (C=O) groups is 2. The SMILES string of the molecule is CN(CC(=O)N1CCN(CC(=O)N2CCOCC2)CC1)Cc1ccc(C(F)(F)F)cc1. The number of carbonyl (C=O) groups excluding carboxylic acids is 2. The van der Waals surface area contributed by atoms with Gasteiger partial charge >= 0.3 is 6.18 Å². The third-order valence-electron chi connectivity index (χ3n) is 5.59. The number of hydrogen-bond acceptors (Lipinski definition) is 5. The Hall–Kier alpha value is -2.17. The lowest BCUT2D eigenvalue weighted by atomic mass is 10.1. The number of morpholine rings is 1. The molecule has 0 saturated carbocycles. The Labute approximate surface area is 180 Å². The highest BCUT2D eigenvalue weighted by molar-refractivity contribution is 5.79. The fourth-order valence-corrected chi connectivity index (χ4v) is 3.76. The molecule has 2 aliphatic heterocycles. The van der Waals surface area contributed by atoms with Crippen LogP contribution in [0.5, 0.6) is 0 Å². The molecular formula is C21H29F3N4O3. The number of amides is 2. The predicted molar refractivity (Wildman–Crippen MR) is 108 cm³/mol. The highest BCUT2D eigenvalue weighted by Gasteiger charge is 2.30. The first-order valence-electron chi connectivity index (χ1n) is 10.4. The quantitative estimate of drug-likeness (QED) is 0.662. The molecule has 0 N–H and O–H groups in total. The molecule has 2 heterocycles. The number of likely N-dealkylation sites (N-methyl/N-ethyl adjacent to an activating group) is 1. The van der Waals surface area contributed by atoms with E-state index in [2.05, 4.69) is 4.90 Å². The zero-order chi connectivity index (χ0) is 22.4. The standard InChI is InChI=1S/C21H29F3N4O3/c1-25(14-17-2-4-18(5-3-17)21(22,23)24)15-19(29)27-8-6-26(7-9-27)16-20(30)28-10-12-31-13-11-28/h2-5H,6-16H2,1H3. The lowest BCUT2D eigenvalue weighted by Gasteiger charge is -2.36. The average Bonchev–Trinajstić information content (AvgIpc) is 2.74. The summed E-state index contributed by atoms with van der Waals surface area (Å²) in [5.74, 6) is 0.0768. The second kappa shape index (κ2) is 10.4. The lowest BCUT2D eigenvalue weighted by molar-refractivity contribution is -0.138. The highest BCUT2D eigenvalue weighted by Crippen LogP contribution is 2.29. The first kappa shape index (κ1) is 23.5. The molecule has 0 aliphatic carbocycles. The Morgan fingerprint density at radius 1 is 0.935 bits per heavy atom. The molecule has 31 heavy (non-hydrogen) atoms. The molecule has 0 radical (unpaired) electrons. The van der Waals surface area contributed by atoms with E-state index >= 15 is 0 Å². The maximum Gasteiger partial charge on any atom is 0.416 e. The molecular weight excluding hydrogens is 413 g/mol. The van der Waals surface area contributed by atoms with Crippen molar-refractivity contribution < 1.29 is 27.5 Å². The van der Waals surface area contributed by atoms with Gasteiger partial charge in [0.1, 0.15) is 0 Å². The molecule has 0 bridgehead atoms. The van der Waals surface area contributed by atoms with Crippen LogP contribution < -0.4 is 0 Å². The minimum atomic E-state index is -4.35. The van der Waals surface area contributed by atoms with Crippen molar-refractivity contribution in [3.63, 3.8) is 0 Å². The highest BCUT2D eigenvalue weighted by atomic mass is 19.4. The Bertz CT molecular complexity index is 743. The largest absolute Gasteiger partial charge is 0.416 e. The summed E-state index contributed by atoms with van der Waals surface area (Å²) in [6.07, 6.45) is -4.35. The molecule has 1 aromatic rings. The molecule has 2 amide bonds. The number of alkyl halides is 3. The van der Waals surface area contributed by atoms with Gasteiger partial charge in [-0.05, 0) is 24.7 Å². The molecule has 0 atom stereocenters. The average molecular weight is 442 g/mol. The molecule has 2 fully saturated rings. The summed E-state index contributed by atoms with van der Waals surface area (Å²) >= 11 is 0. The Morgan fingerprint density at radius 3 is 2.10 bits per heavy atom. The van der Waals surface area contributed by atoms with Crippen molar-refractivity contribution in [2.24, 2.45) is 0 Å². The van der Waals surface area contributed by atoms with Crippen LogP contribution in [0.3, 0.4) is 0 Å². The topological polar surface area (TPSA) is 56.3 Å². The van der Waals surface area contributed by atoms with Crippen molar-refractivity contribution in [1.29, 1.82) is 0 Å². The maximum absolute atomic E-state index is 12.7. The lowest BCUT2D eigenvalue weighted by Crippen LogP contribution is -2.53. The van der Waals surface area contributed by atoms with Crippen LogP contribution in [0.25, 0.3) is 0 Å². The van der Waals surface area contributed by atoms with Crippen LogP contribution in [0.15, 0.2) is 24.3 Å². The van der Waals surface area contributed by atoms with Crippen LogP contribution in [0, 0.1) is 0 Å². The molecule has 7 nitrogen and oxygen atoms in total. The second-order valence-corrected chi connectivity index (χ2v) is 8.02. The van der Waals surface area contributed by atoms with E-state index in [9.17, 15) is 22.8 Å². The van der Waals surface area contributed by atoms with E-state index in [-0.39, 0.29) is 18.4 Å². The van der Waals surface area contributed by atoms with Gasteiger partial charge in [-0.3, -0.25) is 19.4 Å². The fraction of sp³-hybridized carbons (Fsp3) is 0.619. The van der Waals surface area contributed by atoms with Crippen LogP contribution in [-0.4, -0.2) is 104 Å². The molecule has 10 heteroatoms. The smallest absolute Gasteiger partial charge is 0.378 e. The Kier molecular flexibility index (Phi) is 7.90. The molecule has 2 saturated heterocycles. The predicted octanol–water partition coefficient (Wildman–Crippen LogP) is 1.14. The van der Waals surface area contributed by atoms with Gasteiger partial charge in [-0.25, -0.2) is 0 Å². The first-order valence-corrected chi connectivity index (χ1v) is 10.4. The molecule has 172 valence electrons. The minimum absolute atomic E-state index is 0.0198. The Morgan fingerprint density at radius 2 is 1.52 bits per heavy atom. The van der Waals surface area contributed by atoms with Gasteiger partial charge in [0, 0.05) is 45.8 Å². The van der Waals surface area contributed by atoms with Crippen molar-refractivity contribution in [3.8, 4) is 0 Å². The molecule has 3 rings (SSSR count). The third kappa shape index (κ3) is 6.91. The van der Waals surface area contributed by atoms with Gasteiger partial charge in [0.15, 0.2) is 0 Å². The van der Waals surface area contributed by atoms with E-state index in [1.165, 1.54) is 12.1 Å². The Balaban J connectivity index is 1.39. The van der Waals surface area contributed by atoms with Gasteiger partial charge in [-0.1, -0.05) is 12.1 Å². The number of rotatable bonds is 6. The van der Waals surface area contributed by atoms with E-state index in [0.29, 0.717) is 65.6 Å². The van der Waals surface area contributed by atoms with E-state index in [0.717, 1.165) is 17.7 Å². The van der Waals surface area contributed by atoms with Crippen LogP contribution in [-0.2, 0) is 27.0 Å². The van der Waals surface area contributed by atoms with Crippen molar-refractivity contribution >= 4 is 11.8 Å². The molecule has 0 spiro atoms. The third-order valence-corrected chi connectivity index (χ3v) is 5.59. The van der Waals surface area contributed by atoms with Gasteiger partial charge in [-0.2, -0.15) is 13.2 Å². The zero-order valence-corrected chi connectivity index (χ0v) is 17.7. The summed E-state index contributed by atoms with van der Waals surface area (Å²) in [5, 5.41) is 0. The number of piperazine rings is 1. The summed E-state index contributed by atoms with van der Waals surface area (Å²) in [4.78, 5) is 32.4. The monoisotopic (exact) mass is 442 g/mol. The first-order chi connectivity index (χ1) is 14.7. The van der Waals surface area contributed by atoms with Gasteiger partial charge in [-0.15, -0.1) is 0 Å². The summed E-state index contributed by atoms with van der Waals surface area (Å²) in [5.41, 5.74) is 0.0368. The van der Waals surface area contributed by atoms with Gasteiger partial charge in [0.2, 0.25) is 11.8 Å². The van der Waals surface area contributed by atoms with Crippen molar-refractivity contribution in [2.75, 3.05) is 72.6 Å². The van der Waals surface area contributed by atoms with Crippen LogP contribution in [0.4, 0.5) is 13.2 Å². The van der Waals surface area contributed by atoms with Crippen LogP contribution in [0.2, 0.25) is 0 Å². The normalized spacial score (nSPS) is 18.5. The molecule has 2 aliphatic rings. The maximum atomic E-state index is 12.7. The number of nitrogens with zero attached hydrogens (tertiary/aromatic N) is 4. The number of halogens is 3. The summed E-state index contributed by atoms with van der Waals surface area (Å²) in [6, 6.07) is 4.99. The molecule has 0 aromatic heterocycles. The summed E-state index contributed by atoms with van der Waals surface area (Å²) in [6.45, 7) is 5.75. The summed E-state index contributed by atoms with van der Waals surface area (Å²) in [7, 11) is 1.77. The fourth-order valence-electron chi connectivity index (χ4n) is 3.76. The minimum Gasteiger partial charge on any atom is -0.378 e. The van der Waals surface area contributed by atoms with Crippen molar-refractivity contribution in [2.45, 2.75) is 12.7 Å². The van der Waals surface area contributed by atoms with E-state index in [4.69, 9.17) is 4.74 Å². The molecule has 1 aromatic carbocycles. The number of ether oxygens (including phenoxy) is 1. The zero-order valence-electron chi connectivity index (χ0n) is 17.7. The van der Waals surface area contributed by atoms with Gasteiger partial charge < -0.3 is 14.5 Å². The van der Waals surface area contributed by atoms with Crippen molar-refractivity contribution in [3.05, 3.63) is 35.4 Å². The second-order valence-electron chi connectivity index (χ2n) is 8.02. The molecule has 0 unspecified atom stereocenters. The van der Waals surface area contributed by atoms with Gasteiger partial charge in [0.25, 0.3) is 0 Å². The van der Waals surface area contributed by atoms with Crippen molar-refractivity contribution in [1.82, 2.24) is 19.6 Å². The number of benzene rings is 1. The van der Waals surface area contributed by atoms with E-state index in [1.807, 2.05) is 4.90 Å². The summed E-state index contributed by atoms with van der Waals surface area (Å²) < 4.78 is 43.3. The van der Waals surface area contributed by atoms with Crippen LogP contribution in [0.1, 0.15) is 11.1 Å². The van der Waals surface area contributed by atoms with E-state index in [1.54, 1.807) is 16.8 Å². The van der Waals surface area contributed by atoms with Gasteiger partial charge in [0.05, 0.1) is 31.9 Å². The number of hydrogen-bond donors (Lipinski definition) is 0. The van der Waals surface area contributed by atoms with E-state index < -0.39 is 11.7 Å².